The number of phenolic OH excluding ortho intramolecular Hbond substituents is 1. The van der Waals surface area contributed by atoms with Crippen molar-refractivity contribution in [2.75, 3.05) is 0 Å². The number of alkyl carbamates (subject to hydrolysis) is 1. The van der Waals surface area contributed by atoms with Crippen molar-refractivity contribution in [1.29, 1.82) is 0 Å². The summed E-state index contributed by atoms with van der Waals surface area (Å²) < 4.78 is 5.48. The standard InChI is InChI=1S/C31H45N3O5/c1-9-13-21(2)32-27(36)26(23-16-18-24(35)19-17-23)34(30(3,4)5)28(37)25(20-22-14-11-10-12-15-22)33-29(38)39-31(6,7)8/h10-12,14-19,21,25-26,35H,9,13,20H2,1-8H3,(H,32,36)(H,33,38). The number of nitrogens with one attached hydrogen (secondary N) is 2. The van der Waals surface area contributed by atoms with Gasteiger partial charge in [0.15, 0.2) is 0 Å². The van der Waals surface area contributed by atoms with Crippen LogP contribution in [0, 0.1) is 0 Å². The SMILES string of the molecule is CCCC(C)NC(=O)C(c1ccc(O)cc1)N(C(=O)C(Cc1ccccc1)NC(=O)OC(C)(C)C)C(C)(C)C. The Morgan fingerprint density at radius 2 is 1.51 bits per heavy atom. The van der Waals surface area contributed by atoms with E-state index < -0.39 is 35.2 Å². The molecule has 0 aliphatic carbocycles. The van der Waals surface area contributed by atoms with Crippen LogP contribution in [-0.2, 0) is 20.7 Å². The van der Waals surface area contributed by atoms with E-state index >= 15 is 0 Å². The van der Waals surface area contributed by atoms with E-state index in [-0.39, 0.29) is 24.1 Å². The molecule has 39 heavy (non-hydrogen) atoms. The van der Waals surface area contributed by atoms with E-state index in [9.17, 15) is 19.5 Å². The molecule has 0 aliphatic rings. The van der Waals surface area contributed by atoms with Gasteiger partial charge in [-0.15, -0.1) is 0 Å². The summed E-state index contributed by atoms with van der Waals surface area (Å²) >= 11 is 0. The molecule has 3 atom stereocenters. The Labute approximate surface area is 233 Å². The highest BCUT2D eigenvalue weighted by molar-refractivity contribution is 5.93. The number of benzene rings is 2. The van der Waals surface area contributed by atoms with Crippen molar-refractivity contribution in [3.63, 3.8) is 0 Å². The summed E-state index contributed by atoms with van der Waals surface area (Å²) in [5, 5.41) is 15.7. The molecule has 0 spiro atoms. The molecule has 0 aliphatic heterocycles. The first kappa shape index (κ1) is 31.7. The predicted octanol–water partition coefficient (Wildman–Crippen LogP) is 5.50. The lowest BCUT2D eigenvalue weighted by Crippen LogP contribution is -2.59. The van der Waals surface area contributed by atoms with Gasteiger partial charge < -0.3 is 25.4 Å². The van der Waals surface area contributed by atoms with Crippen molar-refractivity contribution in [2.24, 2.45) is 0 Å². The zero-order valence-corrected chi connectivity index (χ0v) is 24.6. The molecule has 214 valence electrons. The zero-order valence-electron chi connectivity index (χ0n) is 24.6. The highest BCUT2D eigenvalue weighted by Crippen LogP contribution is 2.31. The predicted molar refractivity (Wildman–Crippen MR) is 153 cm³/mol. The van der Waals surface area contributed by atoms with Crippen molar-refractivity contribution in [2.45, 2.75) is 104 Å². The number of nitrogens with zero attached hydrogens (tertiary/aromatic N) is 1. The number of aromatic hydroxyl groups is 1. The summed E-state index contributed by atoms with van der Waals surface area (Å²) in [4.78, 5) is 42.6. The van der Waals surface area contributed by atoms with Crippen molar-refractivity contribution in [1.82, 2.24) is 15.5 Å². The van der Waals surface area contributed by atoms with Gasteiger partial charge in [0.1, 0.15) is 23.4 Å². The molecule has 2 aromatic rings. The van der Waals surface area contributed by atoms with Gasteiger partial charge in [0, 0.05) is 18.0 Å². The van der Waals surface area contributed by atoms with Crippen molar-refractivity contribution in [3.8, 4) is 5.75 Å². The van der Waals surface area contributed by atoms with Crippen molar-refractivity contribution < 1.29 is 24.2 Å². The summed E-state index contributed by atoms with van der Waals surface area (Å²) in [6, 6.07) is 13.6. The van der Waals surface area contributed by atoms with Crippen LogP contribution in [0.3, 0.4) is 0 Å². The van der Waals surface area contributed by atoms with Crippen LogP contribution < -0.4 is 10.6 Å². The summed E-state index contributed by atoms with van der Waals surface area (Å²) in [6.07, 6.45) is 1.18. The van der Waals surface area contributed by atoms with Crippen LogP contribution in [0.1, 0.15) is 85.4 Å². The van der Waals surface area contributed by atoms with Crippen LogP contribution in [0.5, 0.6) is 5.75 Å². The van der Waals surface area contributed by atoms with Gasteiger partial charge in [-0.3, -0.25) is 9.59 Å². The smallest absolute Gasteiger partial charge is 0.408 e. The third-order valence-electron chi connectivity index (χ3n) is 6.06. The van der Waals surface area contributed by atoms with Crippen LogP contribution >= 0.6 is 0 Å². The lowest BCUT2D eigenvalue weighted by atomic mass is 9.94. The minimum atomic E-state index is -1.00. The van der Waals surface area contributed by atoms with Gasteiger partial charge in [-0.1, -0.05) is 55.8 Å². The number of ether oxygens (including phenoxy) is 1. The molecule has 0 saturated heterocycles. The average Bonchev–Trinajstić information content (AvgIpc) is 2.81. The molecule has 3 N–H and O–H groups in total. The summed E-state index contributed by atoms with van der Waals surface area (Å²) in [7, 11) is 0. The average molecular weight is 540 g/mol. The summed E-state index contributed by atoms with van der Waals surface area (Å²) in [6.45, 7) is 14.8. The second-order valence-corrected chi connectivity index (χ2v) is 12.0. The molecule has 2 rings (SSSR count). The van der Waals surface area contributed by atoms with Gasteiger partial charge >= 0.3 is 6.09 Å². The first-order valence-corrected chi connectivity index (χ1v) is 13.6. The van der Waals surface area contributed by atoms with Crippen molar-refractivity contribution >= 4 is 17.9 Å². The monoisotopic (exact) mass is 539 g/mol. The van der Waals surface area contributed by atoms with Gasteiger partial charge in [0.25, 0.3) is 0 Å². The largest absolute Gasteiger partial charge is 0.508 e. The van der Waals surface area contributed by atoms with Gasteiger partial charge in [-0.25, -0.2) is 4.79 Å². The molecular formula is C31H45N3O5. The van der Waals surface area contributed by atoms with Gasteiger partial charge in [0.05, 0.1) is 0 Å². The highest BCUT2D eigenvalue weighted by Gasteiger charge is 2.42. The molecule has 0 radical (unpaired) electrons. The van der Waals surface area contributed by atoms with E-state index in [1.54, 1.807) is 32.9 Å². The quantitative estimate of drug-likeness (QED) is 0.369. The summed E-state index contributed by atoms with van der Waals surface area (Å²) in [5.41, 5.74) is -0.163. The molecule has 0 heterocycles. The lowest BCUT2D eigenvalue weighted by molar-refractivity contribution is -0.148. The Hall–Kier alpha value is -3.55. The molecule has 0 saturated carbocycles. The van der Waals surface area contributed by atoms with E-state index in [0.717, 1.165) is 18.4 Å². The van der Waals surface area contributed by atoms with Crippen LogP contribution in [0.25, 0.3) is 0 Å². The fourth-order valence-electron chi connectivity index (χ4n) is 4.41. The Bertz CT molecular complexity index is 1090. The number of carbonyl (C=O) groups excluding carboxylic acids is 3. The first-order valence-electron chi connectivity index (χ1n) is 13.6. The Morgan fingerprint density at radius 1 is 0.923 bits per heavy atom. The van der Waals surface area contributed by atoms with E-state index in [0.29, 0.717) is 5.56 Å². The maximum Gasteiger partial charge on any atom is 0.408 e. The zero-order chi connectivity index (χ0) is 29.4. The Morgan fingerprint density at radius 3 is 2.03 bits per heavy atom. The van der Waals surface area contributed by atoms with E-state index in [1.807, 2.05) is 65.0 Å². The fourth-order valence-corrected chi connectivity index (χ4v) is 4.41. The molecule has 0 fully saturated rings. The lowest BCUT2D eigenvalue weighted by Gasteiger charge is -2.43. The molecule has 2 aromatic carbocycles. The maximum atomic E-state index is 14.4. The molecule has 8 heteroatoms. The molecule has 3 unspecified atom stereocenters. The number of phenols is 1. The number of hydrogen-bond acceptors (Lipinski definition) is 5. The highest BCUT2D eigenvalue weighted by atomic mass is 16.6. The molecule has 8 nitrogen and oxygen atoms in total. The van der Waals surface area contributed by atoms with E-state index in [4.69, 9.17) is 4.74 Å². The summed E-state index contributed by atoms with van der Waals surface area (Å²) in [5.74, 6) is -0.700. The van der Waals surface area contributed by atoms with Crippen LogP contribution in [0.4, 0.5) is 4.79 Å². The maximum absolute atomic E-state index is 14.4. The van der Waals surface area contributed by atoms with Crippen LogP contribution in [-0.4, -0.2) is 51.1 Å². The minimum absolute atomic E-state index is 0.0550. The third-order valence-corrected chi connectivity index (χ3v) is 6.06. The number of carbonyl (C=O) groups is 3. The number of rotatable bonds is 10. The Balaban J connectivity index is 2.58. The number of hydrogen-bond donors (Lipinski definition) is 3. The number of amides is 3. The first-order chi connectivity index (χ1) is 18.1. The van der Waals surface area contributed by atoms with Gasteiger partial charge in [-0.2, -0.15) is 0 Å². The second-order valence-electron chi connectivity index (χ2n) is 12.0. The molecule has 0 bridgehead atoms. The fraction of sp³-hybridized carbons (Fsp3) is 0.516. The van der Waals surface area contributed by atoms with E-state index in [1.165, 1.54) is 17.0 Å². The second kappa shape index (κ2) is 13.5. The van der Waals surface area contributed by atoms with Crippen LogP contribution in [0.2, 0.25) is 0 Å². The Kier molecular flexibility index (Phi) is 11.0. The van der Waals surface area contributed by atoms with Crippen molar-refractivity contribution in [3.05, 3.63) is 65.7 Å². The molecule has 3 amide bonds. The van der Waals surface area contributed by atoms with Gasteiger partial charge in [-0.05, 0) is 78.1 Å². The van der Waals surface area contributed by atoms with E-state index in [2.05, 4.69) is 10.6 Å². The third kappa shape index (κ3) is 9.93. The molecular weight excluding hydrogens is 494 g/mol. The normalized spacial score (nSPS) is 14.1. The minimum Gasteiger partial charge on any atom is -0.508 e. The van der Waals surface area contributed by atoms with Crippen LogP contribution in [0.15, 0.2) is 54.6 Å². The molecule has 0 aromatic heterocycles. The topological polar surface area (TPSA) is 108 Å². The van der Waals surface area contributed by atoms with Gasteiger partial charge in [0.2, 0.25) is 11.8 Å².